The Morgan fingerprint density at radius 1 is 1.19 bits per heavy atom. The molecule has 0 spiro atoms. The highest BCUT2D eigenvalue weighted by molar-refractivity contribution is 14.0. The first-order valence-electron chi connectivity index (χ1n) is 10.1. The maximum absolute atomic E-state index is 5.80. The fourth-order valence-corrected chi connectivity index (χ4v) is 3.59. The Kier molecular flexibility index (Phi) is 13.7. The van der Waals surface area contributed by atoms with E-state index in [0.29, 0.717) is 5.92 Å². The molecule has 1 atom stereocenters. The molecule has 0 aliphatic carbocycles. The molecule has 2 N–H and O–H groups in total. The van der Waals surface area contributed by atoms with Gasteiger partial charge in [-0.15, -0.1) is 24.0 Å². The van der Waals surface area contributed by atoms with Crippen molar-refractivity contribution in [3.05, 3.63) is 0 Å². The van der Waals surface area contributed by atoms with E-state index in [1.807, 2.05) is 7.05 Å². The fourth-order valence-electron chi connectivity index (χ4n) is 3.59. The summed E-state index contributed by atoms with van der Waals surface area (Å²) in [5.41, 5.74) is 0. The SMILES string of the molecule is CN=C(NCCCOCC1CCOCC1)NCCN1CCCC(C)C1.I. The van der Waals surface area contributed by atoms with E-state index in [1.165, 1.54) is 25.9 Å². The summed E-state index contributed by atoms with van der Waals surface area (Å²) in [4.78, 5) is 6.85. The Balaban J connectivity index is 0.00000338. The predicted molar refractivity (Wildman–Crippen MR) is 119 cm³/mol. The molecule has 2 saturated heterocycles. The van der Waals surface area contributed by atoms with Crippen molar-refractivity contribution in [3.63, 3.8) is 0 Å². The number of halogens is 1. The van der Waals surface area contributed by atoms with Crippen molar-refractivity contribution in [2.24, 2.45) is 16.8 Å². The highest BCUT2D eigenvalue weighted by Gasteiger charge is 2.15. The molecule has 1 unspecified atom stereocenters. The predicted octanol–water partition coefficient (Wildman–Crippen LogP) is 2.33. The zero-order valence-corrected chi connectivity index (χ0v) is 19.0. The molecule has 6 nitrogen and oxygen atoms in total. The lowest BCUT2D eigenvalue weighted by atomic mass is 10.0. The largest absolute Gasteiger partial charge is 0.381 e. The van der Waals surface area contributed by atoms with Gasteiger partial charge in [0.15, 0.2) is 5.96 Å². The van der Waals surface area contributed by atoms with E-state index in [9.17, 15) is 0 Å². The fraction of sp³-hybridized carbons (Fsp3) is 0.947. The number of likely N-dealkylation sites (tertiary alicyclic amines) is 1. The minimum absolute atomic E-state index is 0. The molecule has 2 heterocycles. The summed E-state index contributed by atoms with van der Waals surface area (Å²) in [5, 5.41) is 6.79. The van der Waals surface area contributed by atoms with Crippen LogP contribution in [0.15, 0.2) is 4.99 Å². The average Bonchev–Trinajstić information content (AvgIpc) is 2.64. The molecule has 0 amide bonds. The van der Waals surface area contributed by atoms with Crippen LogP contribution in [0, 0.1) is 11.8 Å². The number of hydrogen-bond acceptors (Lipinski definition) is 4. The second kappa shape index (κ2) is 14.9. The third-order valence-electron chi connectivity index (χ3n) is 5.14. The summed E-state index contributed by atoms with van der Waals surface area (Å²) in [7, 11) is 1.83. The number of ether oxygens (including phenoxy) is 2. The minimum atomic E-state index is 0. The zero-order valence-electron chi connectivity index (χ0n) is 16.7. The van der Waals surface area contributed by atoms with Crippen LogP contribution in [0.3, 0.4) is 0 Å². The van der Waals surface area contributed by atoms with E-state index in [0.717, 1.165) is 77.2 Å². The molecule has 7 heteroatoms. The van der Waals surface area contributed by atoms with Crippen LogP contribution >= 0.6 is 24.0 Å². The lowest BCUT2D eigenvalue weighted by Crippen LogP contribution is -2.44. The van der Waals surface area contributed by atoms with E-state index >= 15 is 0 Å². The topological polar surface area (TPSA) is 58.1 Å². The number of aliphatic imine (C=N–C) groups is 1. The Morgan fingerprint density at radius 2 is 1.96 bits per heavy atom. The van der Waals surface area contributed by atoms with Crippen molar-refractivity contribution in [2.75, 3.05) is 66.2 Å². The molecule has 26 heavy (non-hydrogen) atoms. The van der Waals surface area contributed by atoms with Crippen molar-refractivity contribution in [1.82, 2.24) is 15.5 Å². The van der Waals surface area contributed by atoms with Crippen LogP contribution in [0.5, 0.6) is 0 Å². The highest BCUT2D eigenvalue weighted by Crippen LogP contribution is 2.15. The average molecular weight is 482 g/mol. The Hall–Kier alpha value is -0.120. The third kappa shape index (κ3) is 10.3. The molecule has 0 aromatic rings. The van der Waals surface area contributed by atoms with Gasteiger partial charge in [-0.05, 0) is 50.5 Å². The lowest BCUT2D eigenvalue weighted by molar-refractivity contribution is 0.0203. The van der Waals surface area contributed by atoms with Crippen molar-refractivity contribution < 1.29 is 9.47 Å². The van der Waals surface area contributed by atoms with Crippen molar-refractivity contribution >= 4 is 29.9 Å². The Labute approximate surface area is 176 Å². The molecule has 2 rings (SSSR count). The van der Waals surface area contributed by atoms with Gasteiger partial charge < -0.3 is 25.0 Å². The van der Waals surface area contributed by atoms with Crippen molar-refractivity contribution in [3.8, 4) is 0 Å². The van der Waals surface area contributed by atoms with Crippen molar-refractivity contribution in [1.29, 1.82) is 0 Å². The standard InChI is InChI=1S/C19H38N4O2.HI/c1-17-5-3-10-23(15-17)11-9-22-19(20-2)21-8-4-12-25-16-18-6-13-24-14-7-18;/h17-18H,3-16H2,1-2H3,(H2,20,21,22);1H. The smallest absolute Gasteiger partial charge is 0.191 e. The number of piperidine rings is 1. The molecular formula is C19H39IN4O2. The second-order valence-corrected chi connectivity index (χ2v) is 7.46. The number of hydrogen-bond donors (Lipinski definition) is 2. The zero-order chi connectivity index (χ0) is 17.7. The summed E-state index contributed by atoms with van der Waals surface area (Å²) in [6, 6.07) is 0. The van der Waals surface area contributed by atoms with Gasteiger partial charge in [0.1, 0.15) is 0 Å². The van der Waals surface area contributed by atoms with Crippen LogP contribution in [0.1, 0.15) is 39.0 Å². The molecule has 0 aromatic heterocycles. The molecule has 0 bridgehead atoms. The number of nitrogens with zero attached hydrogens (tertiary/aromatic N) is 2. The van der Waals surface area contributed by atoms with Crippen LogP contribution in [0.2, 0.25) is 0 Å². The maximum atomic E-state index is 5.80. The Bertz CT molecular complexity index is 379. The van der Waals surface area contributed by atoms with Gasteiger partial charge in [-0.3, -0.25) is 4.99 Å². The highest BCUT2D eigenvalue weighted by atomic mass is 127. The first-order valence-corrected chi connectivity index (χ1v) is 10.1. The third-order valence-corrected chi connectivity index (χ3v) is 5.14. The Morgan fingerprint density at radius 3 is 2.69 bits per heavy atom. The molecule has 0 saturated carbocycles. The van der Waals surface area contributed by atoms with Gasteiger partial charge in [0.2, 0.25) is 0 Å². The molecular weight excluding hydrogens is 443 g/mol. The van der Waals surface area contributed by atoms with E-state index in [2.05, 4.69) is 27.4 Å². The summed E-state index contributed by atoms with van der Waals surface area (Å²) in [6.45, 7) is 11.3. The maximum Gasteiger partial charge on any atom is 0.191 e. The monoisotopic (exact) mass is 482 g/mol. The summed E-state index contributed by atoms with van der Waals surface area (Å²) in [6.07, 6.45) is 6.01. The lowest BCUT2D eigenvalue weighted by Gasteiger charge is -2.30. The minimum Gasteiger partial charge on any atom is -0.381 e. The molecule has 0 aromatic carbocycles. The van der Waals surface area contributed by atoms with Crippen molar-refractivity contribution in [2.45, 2.75) is 39.0 Å². The number of rotatable bonds is 9. The van der Waals surface area contributed by atoms with Gasteiger partial charge in [-0.2, -0.15) is 0 Å². The normalized spacial score (nSPS) is 22.7. The van der Waals surface area contributed by atoms with Crippen LogP contribution < -0.4 is 10.6 Å². The van der Waals surface area contributed by atoms with E-state index in [4.69, 9.17) is 9.47 Å². The molecule has 2 aliphatic heterocycles. The van der Waals surface area contributed by atoms with Gasteiger partial charge in [0, 0.05) is 59.7 Å². The van der Waals surface area contributed by atoms with Crippen LogP contribution in [0.4, 0.5) is 0 Å². The van der Waals surface area contributed by atoms with Gasteiger partial charge in [0.05, 0.1) is 0 Å². The van der Waals surface area contributed by atoms with Crippen LogP contribution in [-0.2, 0) is 9.47 Å². The number of guanidine groups is 1. The summed E-state index contributed by atoms with van der Waals surface area (Å²) in [5.74, 6) is 2.43. The summed E-state index contributed by atoms with van der Waals surface area (Å²) >= 11 is 0. The molecule has 0 radical (unpaired) electrons. The van der Waals surface area contributed by atoms with E-state index < -0.39 is 0 Å². The first-order chi connectivity index (χ1) is 12.3. The summed E-state index contributed by atoms with van der Waals surface area (Å²) < 4.78 is 11.2. The van der Waals surface area contributed by atoms with Gasteiger partial charge >= 0.3 is 0 Å². The number of nitrogens with one attached hydrogen (secondary N) is 2. The molecule has 154 valence electrons. The van der Waals surface area contributed by atoms with E-state index in [1.54, 1.807) is 0 Å². The van der Waals surface area contributed by atoms with Gasteiger partial charge in [-0.1, -0.05) is 6.92 Å². The van der Waals surface area contributed by atoms with Crippen LogP contribution in [-0.4, -0.2) is 77.1 Å². The quantitative estimate of drug-likeness (QED) is 0.229. The second-order valence-electron chi connectivity index (χ2n) is 7.46. The first kappa shape index (κ1) is 23.9. The molecule has 2 fully saturated rings. The van der Waals surface area contributed by atoms with Crippen LogP contribution in [0.25, 0.3) is 0 Å². The van der Waals surface area contributed by atoms with E-state index in [-0.39, 0.29) is 24.0 Å². The molecule has 2 aliphatic rings. The van der Waals surface area contributed by atoms with Gasteiger partial charge in [0.25, 0.3) is 0 Å². The van der Waals surface area contributed by atoms with Gasteiger partial charge in [-0.25, -0.2) is 0 Å².